The molecule has 0 aliphatic carbocycles. The van der Waals surface area contributed by atoms with Gasteiger partial charge in [0, 0.05) is 31.9 Å². The molecule has 126 valence electrons. The summed E-state index contributed by atoms with van der Waals surface area (Å²) in [6, 6.07) is 13.0. The predicted molar refractivity (Wildman–Crippen MR) is 96.3 cm³/mol. The molecule has 5 nitrogen and oxygen atoms in total. The van der Waals surface area contributed by atoms with Crippen molar-refractivity contribution in [3.63, 3.8) is 0 Å². The van der Waals surface area contributed by atoms with Gasteiger partial charge in [0.1, 0.15) is 0 Å². The van der Waals surface area contributed by atoms with E-state index in [0.717, 1.165) is 10.6 Å². The molecule has 2 heterocycles. The predicted octanol–water partition coefficient (Wildman–Crippen LogP) is 2.53. The van der Waals surface area contributed by atoms with Crippen molar-refractivity contribution in [3.05, 3.63) is 52.7 Å². The minimum absolute atomic E-state index is 0.0146. The van der Waals surface area contributed by atoms with Gasteiger partial charge < -0.3 is 10.2 Å². The third-order valence-electron chi connectivity index (χ3n) is 4.30. The summed E-state index contributed by atoms with van der Waals surface area (Å²) in [4.78, 5) is 29.5. The van der Waals surface area contributed by atoms with Gasteiger partial charge in [0.05, 0.1) is 10.9 Å². The zero-order valence-corrected chi connectivity index (χ0v) is 14.5. The molecule has 1 aliphatic rings. The summed E-state index contributed by atoms with van der Waals surface area (Å²) in [5.74, 6) is 0.0743. The molecule has 2 aromatic rings. The minimum atomic E-state index is -0.218. The van der Waals surface area contributed by atoms with Gasteiger partial charge in [0.15, 0.2) is 0 Å². The quantitative estimate of drug-likeness (QED) is 0.928. The second-order valence-corrected chi connectivity index (χ2v) is 6.78. The number of carbonyl (C=O) groups excluding carboxylic acids is 2. The molecule has 0 radical (unpaired) electrons. The van der Waals surface area contributed by atoms with Crippen LogP contribution >= 0.6 is 11.3 Å². The van der Waals surface area contributed by atoms with Crippen LogP contribution in [0, 0.1) is 0 Å². The van der Waals surface area contributed by atoms with Crippen molar-refractivity contribution in [2.45, 2.75) is 13.0 Å². The molecule has 1 aromatic carbocycles. The van der Waals surface area contributed by atoms with Crippen molar-refractivity contribution < 1.29 is 9.59 Å². The Kier molecular flexibility index (Phi) is 5.27. The van der Waals surface area contributed by atoms with Crippen LogP contribution in [0.3, 0.4) is 0 Å². The lowest BCUT2D eigenvalue weighted by Crippen LogP contribution is -2.53. The van der Waals surface area contributed by atoms with Crippen LogP contribution in [-0.4, -0.2) is 53.8 Å². The van der Waals surface area contributed by atoms with Crippen LogP contribution in [0.25, 0.3) is 0 Å². The smallest absolute Gasteiger partial charge is 0.264 e. The summed E-state index contributed by atoms with van der Waals surface area (Å²) >= 11 is 1.47. The second kappa shape index (κ2) is 7.59. The van der Waals surface area contributed by atoms with Crippen LogP contribution in [0.5, 0.6) is 0 Å². The summed E-state index contributed by atoms with van der Waals surface area (Å²) in [7, 11) is 0. The normalized spacial score (nSPS) is 16.6. The van der Waals surface area contributed by atoms with E-state index in [1.54, 1.807) is 0 Å². The first-order chi connectivity index (χ1) is 11.6. The van der Waals surface area contributed by atoms with Crippen molar-refractivity contribution in [1.29, 1.82) is 0 Å². The van der Waals surface area contributed by atoms with Gasteiger partial charge in [-0.25, -0.2) is 0 Å². The molecule has 1 N–H and O–H groups in total. The Bertz CT molecular complexity index is 680. The zero-order chi connectivity index (χ0) is 16.9. The molecule has 24 heavy (non-hydrogen) atoms. The van der Waals surface area contributed by atoms with Crippen molar-refractivity contribution in [3.8, 4) is 0 Å². The molecular formula is C18H21N3O2S. The molecule has 1 fully saturated rings. The Morgan fingerprint density at radius 3 is 2.38 bits per heavy atom. The van der Waals surface area contributed by atoms with Gasteiger partial charge in [0.25, 0.3) is 5.91 Å². The Morgan fingerprint density at radius 1 is 1.04 bits per heavy atom. The van der Waals surface area contributed by atoms with E-state index in [-0.39, 0.29) is 17.9 Å². The van der Waals surface area contributed by atoms with Crippen LogP contribution in [0.4, 0.5) is 5.69 Å². The van der Waals surface area contributed by atoms with Crippen molar-refractivity contribution in [1.82, 2.24) is 9.80 Å². The highest BCUT2D eigenvalue weighted by molar-refractivity contribution is 7.12. The maximum Gasteiger partial charge on any atom is 0.264 e. The van der Waals surface area contributed by atoms with Crippen LogP contribution < -0.4 is 5.32 Å². The molecule has 1 aliphatic heterocycles. The van der Waals surface area contributed by atoms with E-state index in [0.29, 0.717) is 26.2 Å². The van der Waals surface area contributed by atoms with Crippen LogP contribution in [0.15, 0.2) is 47.8 Å². The van der Waals surface area contributed by atoms with E-state index in [4.69, 9.17) is 0 Å². The van der Waals surface area contributed by atoms with Gasteiger partial charge in [0.2, 0.25) is 5.91 Å². The van der Waals surface area contributed by atoms with Crippen molar-refractivity contribution >= 4 is 28.8 Å². The van der Waals surface area contributed by atoms with Gasteiger partial charge in [-0.3, -0.25) is 14.5 Å². The number of amides is 2. The number of anilines is 1. The highest BCUT2D eigenvalue weighted by Gasteiger charge is 2.28. The highest BCUT2D eigenvalue weighted by atomic mass is 32.1. The van der Waals surface area contributed by atoms with E-state index in [2.05, 4.69) is 10.2 Å². The number of hydrogen-bond acceptors (Lipinski definition) is 4. The summed E-state index contributed by atoms with van der Waals surface area (Å²) < 4.78 is 0. The molecule has 0 saturated carbocycles. The Labute approximate surface area is 145 Å². The number of carbonyl (C=O) groups is 2. The van der Waals surface area contributed by atoms with E-state index in [9.17, 15) is 9.59 Å². The number of rotatable bonds is 4. The average molecular weight is 343 g/mol. The van der Waals surface area contributed by atoms with E-state index >= 15 is 0 Å². The van der Waals surface area contributed by atoms with Gasteiger partial charge in [-0.15, -0.1) is 11.3 Å². The molecule has 3 rings (SSSR count). The lowest BCUT2D eigenvalue weighted by molar-refractivity contribution is -0.121. The molecule has 0 spiro atoms. The van der Waals surface area contributed by atoms with Crippen molar-refractivity contribution in [2.24, 2.45) is 0 Å². The topological polar surface area (TPSA) is 52.7 Å². The fraction of sp³-hybridized carbons (Fsp3) is 0.333. The van der Waals surface area contributed by atoms with E-state index in [1.807, 2.05) is 59.7 Å². The lowest BCUT2D eigenvalue weighted by atomic mass is 10.2. The third-order valence-corrected chi connectivity index (χ3v) is 5.16. The second-order valence-electron chi connectivity index (χ2n) is 5.84. The molecule has 1 atom stereocenters. The number of thiophene rings is 1. The fourth-order valence-electron chi connectivity index (χ4n) is 2.80. The van der Waals surface area contributed by atoms with E-state index in [1.165, 1.54) is 11.3 Å². The number of nitrogens with zero attached hydrogens (tertiary/aromatic N) is 2. The monoisotopic (exact) mass is 343 g/mol. The fourth-order valence-corrected chi connectivity index (χ4v) is 3.49. The molecule has 1 saturated heterocycles. The van der Waals surface area contributed by atoms with Crippen LogP contribution in [0.1, 0.15) is 16.6 Å². The van der Waals surface area contributed by atoms with E-state index < -0.39 is 0 Å². The average Bonchev–Trinajstić information content (AvgIpc) is 3.16. The first kappa shape index (κ1) is 16.7. The minimum Gasteiger partial charge on any atom is -0.335 e. The Morgan fingerprint density at radius 2 is 1.75 bits per heavy atom. The number of piperazine rings is 1. The molecule has 2 amide bonds. The van der Waals surface area contributed by atoms with Gasteiger partial charge >= 0.3 is 0 Å². The Balaban J connectivity index is 1.52. The number of nitrogens with one attached hydrogen (secondary N) is 1. The first-order valence-electron chi connectivity index (χ1n) is 8.08. The highest BCUT2D eigenvalue weighted by Crippen LogP contribution is 2.15. The van der Waals surface area contributed by atoms with Gasteiger partial charge in [-0.05, 0) is 30.5 Å². The van der Waals surface area contributed by atoms with Crippen LogP contribution in [0.2, 0.25) is 0 Å². The SMILES string of the molecule is C[C@@H](C(=O)Nc1ccccc1)N1CCN(C(=O)c2cccs2)CC1. The largest absolute Gasteiger partial charge is 0.335 e. The number of para-hydroxylation sites is 1. The van der Waals surface area contributed by atoms with Gasteiger partial charge in [-0.2, -0.15) is 0 Å². The molecule has 0 unspecified atom stereocenters. The summed E-state index contributed by atoms with van der Waals surface area (Å²) in [6.07, 6.45) is 0. The summed E-state index contributed by atoms with van der Waals surface area (Å²) in [6.45, 7) is 4.63. The molecule has 1 aromatic heterocycles. The maximum atomic E-state index is 12.4. The summed E-state index contributed by atoms with van der Waals surface area (Å²) in [5, 5.41) is 4.85. The summed E-state index contributed by atoms with van der Waals surface area (Å²) in [5.41, 5.74) is 0.806. The molecular weight excluding hydrogens is 322 g/mol. The van der Waals surface area contributed by atoms with Crippen molar-refractivity contribution in [2.75, 3.05) is 31.5 Å². The maximum absolute atomic E-state index is 12.4. The van der Waals surface area contributed by atoms with Crippen LogP contribution in [-0.2, 0) is 4.79 Å². The van der Waals surface area contributed by atoms with Gasteiger partial charge in [-0.1, -0.05) is 24.3 Å². The first-order valence-corrected chi connectivity index (χ1v) is 8.96. The molecule has 6 heteroatoms. The molecule has 0 bridgehead atoms. The number of hydrogen-bond donors (Lipinski definition) is 1. The lowest BCUT2D eigenvalue weighted by Gasteiger charge is -2.37. The standard InChI is InChI=1S/C18H21N3O2S/c1-14(17(22)19-15-6-3-2-4-7-15)20-9-11-21(12-10-20)18(23)16-8-5-13-24-16/h2-8,13-14H,9-12H2,1H3,(H,19,22)/t14-/m0/s1. The number of benzene rings is 1. The Hall–Kier alpha value is -2.18. The zero-order valence-electron chi connectivity index (χ0n) is 13.6. The third kappa shape index (κ3) is 3.83.